The van der Waals surface area contributed by atoms with Gasteiger partial charge in [-0.1, -0.05) is 44.2 Å². The van der Waals surface area contributed by atoms with Crippen molar-refractivity contribution in [1.29, 1.82) is 0 Å². The molecule has 1 saturated heterocycles. The number of benzene rings is 2. The van der Waals surface area contributed by atoms with E-state index in [1.54, 1.807) is 4.90 Å². The molecule has 0 radical (unpaired) electrons. The minimum atomic E-state index is -0.0553. The molecule has 126 valence electrons. The van der Waals surface area contributed by atoms with Crippen molar-refractivity contribution in [2.24, 2.45) is 11.8 Å². The lowest BCUT2D eigenvalue weighted by Crippen LogP contribution is -3.13. The van der Waals surface area contributed by atoms with Gasteiger partial charge in [0.15, 0.2) is 0 Å². The Bertz CT molecular complexity index is 656. The molecule has 2 aromatic carbocycles. The van der Waals surface area contributed by atoms with Crippen molar-refractivity contribution in [2.45, 2.75) is 26.8 Å². The van der Waals surface area contributed by atoms with E-state index in [0.29, 0.717) is 5.56 Å². The van der Waals surface area contributed by atoms with Gasteiger partial charge in [-0.05, 0) is 30.7 Å². The Morgan fingerprint density at radius 1 is 1.00 bits per heavy atom. The zero-order chi connectivity index (χ0) is 16.9. The minimum absolute atomic E-state index is 0.0553. The van der Waals surface area contributed by atoms with E-state index >= 15 is 0 Å². The van der Waals surface area contributed by atoms with Crippen molar-refractivity contribution >= 4 is 11.6 Å². The molecule has 2 N–H and O–H groups in total. The molecule has 1 aliphatic rings. The highest BCUT2D eigenvalue weighted by Gasteiger charge is 2.25. The fourth-order valence-corrected chi connectivity index (χ4v) is 3.85. The van der Waals surface area contributed by atoms with Crippen LogP contribution < -0.4 is 10.2 Å². The summed E-state index contributed by atoms with van der Waals surface area (Å²) in [5.41, 5.74) is 2.84. The molecule has 0 bridgehead atoms. The zero-order valence-electron chi connectivity index (χ0n) is 14.6. The molecule has 0 unspecified atom stereocenters. The van der Waals surface area contributed by atoms with Crippen LogP contribution in [0.25, 0.3) is 0 Å². The van der Waals surface area contributed by atoms with Gasteiger partial charge in [0.2, 0.25) is 0 Å². The Kier molecular flexibility index (Phi) is 5.31. The third-order valence-electron chi connectivity index (χ3n) is 4.78. The quantitative estimate of drug-likeness (QED) is 0.891. The van der Waals surface area contributed by atoms with Crippen molar-refractivity contribution in [1.82, 2.24) is 0 Å². The van der Waals surface area contributed by atoms with Crippen LogP contribution in [0.5, 0.6) is 0 Å². The lowest BCUT2D eigenvalue weighted by molar-refractivity contribution is -0.925. The number of anilines is 1. The summed E-state index contributed by atoms with van der Waals surface area (Å²) in [5, 5.41) is 2.93. The first kappa shape index (κ1) is 16.7. The summed E-state index contributed by atoms with van der Waals surface area (Å²) < 4.78 is 0. The average Bonchev–Trinajstić information content (AvgIpc) is 2.55. The van der Waals surface area contributed by atoms with E-state index in [9.17, 15) is 4.79 Å². The van der Waals surface area contributed by atoms with Crippen LogP contribution in [-0.4, -0.2) is 19.0 Å². The van der Waals surface area contributed by atoms with Gasteiger partial charge in [0, 0.05) is 28.7 Å². The van der Waals surface area contributed by atoms with Crippen molar-refractivity contribution in [3.05, 3.63) is 65.7 Å². The molecule has 2 atom stereocenters. The van der Waals surface area contributed by atoms with Gasteiger partial charge in [0.1, 0.15) is 6.54 Å². The summed E-state index contributed by atoms with van der Waals surface area (Å²) in [6.45, 7) is 8.26. The largest absolute Gasteiger partial charge is 0.331 e. The summed E-state index contributed by atoms with van der Waals surface area (Å²) in [5.74, 6) is 1.56. The molecule has 2 aromatic rings. The number of carbonyl (C=O) groups excluding carboxylic acids is 1. The van der Waals surface area contributed by atoms with Crippen molar-refractivity contribution < 1.29 is 9.69 Å². The number of nitrogens with one attached hydrogen (secondary N) is 2. The van der Waals surface area contributed by atoms with E-state index in [1.165, 1.54) is 25.1 Å². The molecule has 1 fully saturated rings. The van der Waals surface area contributed by atoms with Crippen LogP contribution in [0, 0.1) is 11.8 Å². The minimum Gasteiger partial charge on any atom is -0.331 e. The molecule has 1 aliphatic heterocycles. The number of likely N-dealkylation sites (tertiary alicyclic amines) is 1. The maximum atomic E-state index is 12.3. The molecule has 0 saturated carbocycles. The molecule has 0 aliphatic carbocycles. The van der Waals surface area contributed by atoms with Crippen LogP contribution in [0.15, 0.2) is 54.6 Å². The number of carbonyl (C=O) groups is 1. The van der Waals surface area contributed by atoms with Gasteiger partial charge in [-0.3, -0.25) is 4.79 Å². The Morgan fingerprint density at radius 2 is 1.62 bits per heavy atom. The Labute approximate surface area is 144 Å². The third kappa shape index (κ3) is 4.45. The average molecular weight is 323 g/mol. The van der Waals surface area contributed by atoms with Gasteiger partial charge >= 0.3 is 0 Å². The highest BCUT2D eigenvalue weighted by atomic mass is 16.1. The first-order valence-electron chi connectivity index (χ1n) is 8.89. The molecule has 0 spiro atoms. The van der Waals surface area contributed by atoms with E-state index in [0.717, 1.165) is 24.1 Å². The first-order chi connectivity index (χ1) is 11.6. The summed E-state index contributed by atoms with van der Waals surface area (Å²) in [6.07, 6.45) is 1.35. The van der Waals surface area contributed by atoms with Crippen LogP contribution in [0.3, 0.4) is 0 Å². The Balaban J connectivity index is 1.60. The fourth-order valence-electron chi connectivity index (χ4n) is 3.85. The van der Waals surface area contributed by atoms with Crippen LogP contribution >= 0.6 is 0 Å². The second-order valence-corrected chi connectivity index (χ2v) is 7.30. The van der Waals surface area contributed by atoms with E-state index in [1.807, 2.05) is 42.5 Å². The highest BCUT2D eigenvalue weighted by Crippen LogP contribution is 2.13. The predicted octanol–water partition coefficient (Wildman–Crippen LogP) is 3.00. The van der Waals surface area contributed by atoms with Gasteiger partial charge in [0.05, 0.1) is 13.1 Å². The van der Waals surface area contributed by atoms with Crippen LogP contribution in [0.1, 0.15) is 36.2 Å². The fraction of sp³-hybridized carbons (Fsp3) is 0.381. The lowest BCUT2D eigenvalue weighted by atomic mass is 9.91. The van der Waals surface area contributed by atoms with Gasteiger partial charge in [-0.25, -0.2) is 0 Å². The topological polar surface area (TPSA) is 33.5 Å². The molecule has 1 heterocycles. The molecular formula is C21H27N2O+. The van der Waals surface area contributed by atoms with Gasteiger partial charge in [0.25, 0.3) is 5.91 Å². The van der Waals surface area contributed by atoms with Gasteiger partial charge in [-0.15, -0.1) is 0 Å². The summed E-state index contributed by atoms with van der Waals surface area (Å²) in [7, 11) is 0. The van der Waals surface area contributed by atoms with Crippen LogP contribution in [0.4, 0.5) is 5.69 Å². The maximum absolute atomic E-state index is 12.3. The second kappa shape index (κ2) is 7.63. The monoisotopic (exact) mass is 323 g/mol. The molecule has 0 aromatic heterocycles. The highest BCUT2D eigenvalue weighted by molar-refractivity contribution is 6.04. The molecular weight excluding hydrogens is 296 g/mol. The summed E-state index contributed by atoms with van der Waals surface area (Å²) in [6, 6.07) is 17.6. The zero-order valence-corrected chi connectivity index (χ0v) is 14.6. The van der Waals surface area contributed by atoms with E-state index in [2.05, 4.69) is 31.3 Å². The first-order valence-corrected chi connectivity index (χ1v) is 8.89. The van der Waals surface area contributed by atoms with Crippen LogP contribution in [0.2, 0.25) is 0 Å². The standard InChI is InChI=1S/C21H26N2O/c1-16-12-17(2)14-23(13-16)15-18-8-10-19(11-9-18)21(24)22-20-6-4-3-5-7-20/h3-11,16-17H,12-15H2,1-2H3,(H,22,24)/p+1/t16-,17-/m1/s1. The maximum Gasteiger partial charge on any atom is 0.255 e. The molecule has 3 nitrogen and oxygen atoms in total. The third-order valence-corrected chi connectivity index (χ3v) is 4.78. The molecule has 3 rings (SSSR count). The number of piperidine rings is 1. The Morgan fingerprint density at radius 3 is 2.25 bits per heavy atom. The second-order valence-electron chi connectivity index (χ2n) is 7.30. The SMILES string of the molecule is C[C@@H]1C[C@@H](C)C[NH+](Cc2ccc(C(=O)Nc3ccccc3)cc2)C1. The van der Waals surface area contributed by atoms with Crippen molar-refractivity contribution in [3.8, 4) is 0 Å². The van der Waals surface area contributed by atoms with Gasteiger partial charge in [-0.2, -0.15) is 0 Å². The van der Waals surface area contributed by atoms with E-state index in [-0.39, 0.29) is 5.91 Å². The Hall–Kier alpha value is -2.13. The van der Waals surface area contributed by atoms with E-state index in [4.69, 9.17) is 0 Å². The molecule has 3 heteroatoms. The van der Waals surface area contributed by atoms with Gasteiger partial charge < -0.3 is 10.2 Å². The van der Waals surface area contributed by atoms with Crippen molar-refractivity contribution in [3.63, 3.8) is 0 Å². The summed E-state index contributed by atoms with van der Waals surface area (Å²) in [4.78, 5) is 13.9. The summed E-state index contributed by atoms with van der Waals surface area (Å²) >= 11 is 0. The van der Waals surface area contributed by atoms with Crippen molar-refractivity contribution in [2.75, 3.05) is 18.4 Å². The normalized spacial score (nSPS) is 23.7. The number of hydrogen-bond acceptors (Lipinski definition) is 1. The number of amides is 1. The molecule has 24 heavy (non-hydrogen) atoms. The molecule has 1 amide bonds. The van der Waals surface area contributed by atoms with E-state index < -0.39 is 0 Å². The smallest absolute Gasteiger partial charge is 0.255 e. The lowest BCUT2D eigenvalue weighted by Gasteiger charge is -2.32. The predicted molar refractivity (Wildman–Crippen MR) is 98.2 cm³/mol. The number of rotatable bonds is 4. The number of para-hydroxylation sites is 1. The number of quaternary nitrogens is 1. The van der Waals surface area contributed by atoms with Crippen LogP contribution in [-0.2, 0) is 6.54 Å². The number of hydrogen-bond donors (Lipinski definition) is 2.